The fourth-order valence-electron chi connectivity index (χ4n) is 2.17. The maximum atomic E-state index is 12.3. The van der Waals surface area contributed by atoms with E-state index in [0.29, 0.717) is 25.1 Å². The van der Waals surface area contributed by atoms with Crippen molar-refractivity contribution in [1.29, 1.82) is 0 Å². The Balaban J connectivity index is 1.96. The van der Waals surface area contributed by atoms with Gasteiger partial charge in [0.25, 0.3) is 11.7 Å². The van der Waals surface area contributed by atoms with Crippen LogP contribution in [0, 0.1) is 0 Å². The maximum Gasteiger partial charge on any atom is 0.299 e. The van der Waals surface area contributed by atoms with E-state index >= 15 is 0 Å². The van der Waals surface area contributed by atoms with Gasteiger partial charge in [0.1, 0.15) is 0 Å². The quantitative estimate of drug-likeness (QED) is 0.553. The van der Waals surface area contributed by atoms with E-state index in [4.69, 9.17) is 0 Å². The van der Waals surface area contributed by atoms with Crippen LogP contribution >= 0.6 is 43.2 Å². The Morgan fingerprint density at radius 1 is 1.14 bits per heavy atom. The second-order valence-electron chi connectivity index (χ2n) is 4.38. The van der Waals surface area contributed by atoms with Gasteiger partial charge in [-0.15, -0.1) is 11.3 Å². The molecule has 1 aromatic carbocycles. The molecule has 0 saturated heterocycles. The predicted octanol–water partition coefficient (Wildman–Crippen LogP) is 3.69. The van der Waals surface area contributed by atoms with Gasteiger partial charge in [0.05, 0.1) is 22.7 Å². The number of fused-ring (bicyclic) bond motifs is 1. The Kier molecular flexibility index (Phi) is 3.81. The van der Waals surface area contributed by atoms with Gasteiger partial charge in [0.15, 0.2) is 5.78 Å². The first kappa shape index (κ1) is 14.6. The molecule has 106 valence electrons. The number of hydrogen-bond donors (Lipinski definition) is 0. The van der Waals surface area contributed by atoms with Gasteiger partial charge in [-0.05, 0) is 55.4 Å². The zero-order valence-electron chi connectivity index (χ0n) is 10.4. The van der Waals surface area contributed by atoms with Crippen LogP contribution in [0.5, 0.6) is 0 Å². The van der Waals surface area contributed by atoms with Crippen molar-refractivity contribution in [2.45, 2.75) is 0 Å². The molecule has 0 bridgehead atoms. The van der Waals surface area contributed by atoms with Gasteiger partial charge in [-0.3, -0.25) is 19.3 Å². The van der Waals surface area contributed by atoms with E-state index in [2.05, 4.69) is 31.9 Å². The molecule has 1 aromatic heterocycles. The van der Waals surface area contributed by atoms with E-state index in [1.54, 1.807) is 29.6 Å². The lowest BCUT2D eigenvalue weighted by molar-refractivity contribution is -0.114. The van der Waals surface area contributed by atoms with E-state index in [9.17, 15) is 14.4 Å². The standard InChI is InChI=1S/C14H7Br2NO3S/c15-7-2-1-3-9-11(7)12(19)14(20)17(9)6-10(18)13-8(16)4-5-21-13/h1-5H,6H2. The average molecular weight is 429 g/mol. The normalized spacial score (nSPS) is 13.7. The van der Waals surface area contributed by atoms with Crippen LogP contribution < -0.4 is 4.90 Å². The molecule has 0 radical (unpaired) electrons. The summed E-state index contributed by atoms with van der Waals surface area (Å²) >= 11 is 7.87. The van der Waals surface area contributed by atoms with Crippen LogP contribution in [0.3, 0.4) is 0 Å². The van der Waals surface area contributed by atoms with Gasteiger partial charge in [-0.1, -0.05) is 6.07 Å². The highest BCUT2D eigenvalue weighted by Gasteiger charge is 2.38. The molecule has 0 spiro atoms. The van der Waals surface area contributed by atoms with Crippen molar-refractivity contribution >= 4 is 66.4 Å². The highest BCUT2D eigenvalue weighted by molar-refractivity contribution is 9.10. The number of nitrogens with zero attached hydrogens (tertiary/aromatic N) is 1. The number of thiophene rings is 1. The second-order valence-corrected chi connectivity index (χ2v) is 7.00. The number of rotatable bonds is 3. The molecule has 0 fully saturated rings. The summed E-state index contributed by atoms with van der Waals surface area (Å²) in [5.74, 6) is -1.46. The number of benzene rings is 1. The van der Waals surface area contributed by atoms with Crippen LogP contribution in [0.4, 0.5) is 5.69 Å². The van der Waals surface area contributed by atoms with E-state index < -0.39 is 11.7 Å². The SMILES string of the molecule is O=C(CN1C(=O)C(=O)c2c(Br)cccc21)c1sccc1Br. The molecule has 0 aliphatic carbocycles. The summed E-state index contributed by atoms with van der Waals surface area (Å²) in [4.78, 5) is 38.2. The molecule has 1 amide bonds. The van der Waals surface area contributed by atoms with Gasteiger partial charge in [0.2, 0.25) is 0 Å². The van der Waals surface area contributed by atoms with E-state index in [0.717, 1.165) is 0 Å². The summed E-state index contributed by atoms with van der Waals surface area (Å²) < 4.78 is 1.26. The molecular weight excluding hydrogens is 422 g/mol. The molecular formula is C14H7Br2NO3S. The largest absolute Gasteiger partial charge is 0.299 e. The van der Waals surface area contributed by atoms with E-state index in [1.807, 2.05) is 0 Å². The molecule has 7 heteroatoms. The number of Topliss-reactive ketones (excluding diaryl/α,β-unsaturated/α-hetero) is 2. The van der Waals surface area contributed by atoms with Crippen molar-refractivity contribution in [2.75, 3.05) is 11.4 Å². The summed E-state index contributed by atoms with van der Waals surface area (Å²) in [6.07, 6.45) is 0. The van der Waals surface area contributed by atoms with Crippen molar-refractivity contribution in [3.63, 3.8) is 0 Å². The monoisotopic (exact) mass is 427 g/mol. The van der Waals surface area contributed by atoms with Crippen molar-refractivity contribution < 1.29 is 14.4 Å². The molecule has 0 unspecified atom stereocenters. The zero-order valence-corrected chi connectivity index (χ0v) is 14.4. The van der Waals surface area contributed by atoms with Gasteiger partial charge < -0.3 is 0 Å². The fraction of sp³-hybridized carbons (Fsp3) is 0.0714. The first-order valence-corrected chi connectivity index (χ1v) is 8.38. The highest BCUT2D eigenvalue weighted by Crippen LogP contribution is 2.34. The smallest absolute Gasteiger partial charge is 0.297 e. The summed E-state index contributed by atoms with van der Waals surface area (Å²) in [7, 11) is 0. The minimum absolute atomic E-state index is 0.146. The lowest BCUT2D eigenvalue weighted by Crippen LogP contribution is -2.34. The summed E-state index contributed by atoms with van der Waals surface area (Å²) in [5.41, 5.74) is 0.793. The molecule has 0 atom stereocenters. The van der Waals surface area contributed by atoms with Crippen LogP contribution in [0.15, 0.2) is 38.6 Å². The van der Waals surface area contributed by atoms with Crippen molar-refractivity contribution in [3.8, 4) is 0 Å². The number of ketones is 2. The Labute approximate surface area is 141 Å². The number of carbonyl (C=O) groups excluding carboxylic acids is 3. The summed E-state index contributed by atoms with van der Waals surface area (Å²) in [5, 5.41) is 1.79. The Morgan fingerprint density at radius 3 is 2.57 bits per heavy atom. The third kappa shape index (κ3) is 2.39. The van der Waals surface area contributed by atoms with Crippen LogP contribution in [-0.2, 0) is 4.79 Å². The zero-order chi connectivity index (χ0) is 15.1. The maximum absolute atomic E-state index is 12.3. The molecule has 1 aliphatic heterocycles. The lowest BCUT2D eigenvalue weighted by atomic mass is 10.1. The van der Waals surface area contributed by atoms with Crippen molar-refractivity contribution in [3.05, 3.63) is 49.0 Å². The minimum Gasteiger partial charge on any atom is -0.297 e. The topological polar surface area (TPSA) is 54.5 Å². The molecule has 3 rings (SSSR count). The Hall–Kier alpha value is -1.31. The molecule has 0 saturated carbocycles. The fourth-order valence-corrected chi connectivity index (χ4v) is 4.23. The van der Waals surface area contributed by atoms with Crippen LogP contribution in [0.25, 0.3) is 0 Å². The first-order chi connectivity index (χ1) is 10.0. The average Bonchev–Trinajstić information content (AvgIpc) is 2.97. The van der Waals surface area contributed by atoms with Crippen molar-refractivity contribution in [2.24, 2.45) is 0 Å². The minimum atomic E-state index is -0.669. The van der Waals surface area contributed by atoms with Gasteiger partial charge in [-0.2, -0.15) is 0 Å². The van der Waals surface area contributed by atoms with Crippen LogP contribution in [-0.4, -0.2) is 24.0 Å². The Bertz CT molecular complexity index is 784. The Morgan fingerprint density at radius 2 is 1.90 bits per heavy atom. The van der Waals surface area contributed by atoms with Gasteiger partial charge in [-0.25, -0.2) is 0 Å². The molecule has 1 aliphatic rings. The molecule has 21 heavy (non-hydrogen) atoms. The predicted molar refractivity (Wildman–Crippen MR) is 87.2 cm³/mol. The summed E-state index contributed by atoms with van der Waals surface area (Å²) in [6.45, 7) is -0.146. The van der Waals surface area contributed by atoms with Crippen LogP contribution in [0.1, 0.15) is 20.0 Å². The molecule has 0 N–H and O–H groups in total. The lowest BCUT2D eigenvalue weighted by Gasteiger charge is -2.15. The van der Waals surface area contributed by atoms with Gasteiger partial charge >= 0.3 is 0 Å². The van der Waals surface area contributed by atoms with E-state index in [-0.39, 0.29) is 12.3 Å². The van der Waals surface area contributed by atoms with Crippen molar-refractivity contribution in [1.82, 2.24) is 0 Å². The number of anilines is 1. The number of hydrogen-bond acceptors (Lipinski definition) is 4. The number of amides is 1. The molecule has 2 aromatic rings. The van der Waals surface area contributed by atoms with Crippen LogP contribution in [0.2, 0.25) is 0 Å². The third-order valence-electron chi connectivity index (χ3n) is 3.12. The third-order valence-corrected chi connectivity index (χ3v) is 5.66. The molecule has 2 heterocycles. The van der Waals surface area contributed by atoms with Gasteiger partial charge in [0, 0.05) is 8.95 Å². The number of halogens is 2. The second kappa shape index (κ2) is 5.47. The van der Waals surface area contributed by atoms with E-state index in [1.165, 1.54) is 16.2 Å². The highest BCUT2D eigenvalue weighted by atomic mass is 79.9. The number of carbonyl (C=O) groups is 3. The summed E-state index contributed by atoms with van der Waals surface area (Å²) in [6, 6.07) is 6.87. The molecule has 4 nitrogen and oxygen atoms in total. The first-order valence-electron chi connectivity index (χ1n) is 5.91.